The number of carbonyl (C=O) groups excluding carboxylic acids is 1. The minimum atomic E-state index is -0.239. The number of para-hydroxylation sites is 1. The fraction of sp³-hybridized carbons (Fsp3) is 0.167. The van der Waals surface area contributed by atoms with E-state index in [4.69, 9.17) is 4.84 Å². The molecule has 2 rings (SSSR count). The van der Waals surface area contributed by atoms with Crippen LogP contribution >= 0.6 is 0 Å². The molecule has 0 saturated carbocycles. The van der Waals surface area contributed by atoms with Crippen molar-refractivity contribution in [3.8, 4) is 0 Å². The quantitative estimate of drug-likeness (QED) is 0.691. The van der Waals surface area contributed by atoms with Crippen molar-refractivity contribution in [2.24, 2.45) is 0 Å². The van der Waals surface area contributed by atoms with Crippen LogP contribution in [0.3, 0.4) is 0 Å². The zero-order chi connectivity index (χ0) is 10.7. The lowest BCUT2D eigenvalue weighted by Gasteiger charge is -1.97. The number of carbonyl (C=O) groups is 1. The van der Waals surface area contributed by atoms with Gasteiger partial charge in [-0.1, -0.05) is 19.1 Å². The minimum Gasteiger partial charge on any atom is -0.245 e. The van der Waals surface area contributed by atoms with Gasteiger partial charge in [0.05, 0.1) is 5.39 Å². The second kappa shape index (κ2) is 4.09. The average Bonchev–Trinajstić information content (AvgIpc) is 2.29. The van der Waals surface area contributed by atoms with Gasteiger partial charge in [-0.15, -0.1) is 0 Å². The molecule has 0 radical (unpaired) electrons. The molecule has 0 atom stereocenters. The van der Waals surface area contributed by atoms with Gasteiger partial charge in [0.25, 0.3) is 5.52 Å². The number of fused-ring (bicyclic) bond motifs is 1. The molecule has 1 aromatic carbocycles. The van der Waals surface area contributed by atoms with Crippen molar-refractivity contribution in [1.29, 1.82) is 0 Å². The molecule has 1 heterocycles. The first-order valence-electron chi connectivity index (χ1n) is 4.92. The summed E-state index contributed by atoms with van der Waals surface area (Å²) >= 11 is 0. The van der Waals surface area contributed by atoms with Crippen LogP contribution in [0.4, 0.5) is 0 Å². The van der Waals surface area contributed by atoms with E-state index < -0.39 is 0 Å². The van der Waals surface area contributed by atoms with Gasteiger partial charge < -0.3 is 0 Å². The largest absolute Gasteiger partial charge is 0.380 e. The molecule has 0 aliphatic heterocycles. The fourth-order valence-corrected chi connectivity index (χ4v) is 1.39. The van der Waals surface area contributed by atoms with Gasteiger partial charge >= 0.3 is 5.97 Å². The number of aromatic nitrogens is 1. The van der Waals surface area contributed by atoms with Gasteiger partial charge in [0.2, 0.25) is 6.20 Å². The van der Waals surface area contributed by atoms with Crippen LogP contribution in [0, 0.1) is 0 Å². The van der Waals surface area contributed by atoms with Crippen LogP contribution in [0.5, 0.6) is 0 Å². The minimum absolute atomic E-state index is 0.239. The lowest BCUT2D eigenvalue weighted by atomic mass is 10.2. The summed E-state index contributed by atoms with van der Waals surface area (Å²) in [6.45, 7) is 1.77. The molecule has 2 aromatic rings. The molecule has 76 valence electrons. The SMILES string of the molecule is CCC(=O)O[n+]1cccc2ccccc21. The standard InChI is InChI=1S/C12H12NO2/c1-2-12(14)15-13-9-5-7-10-6-3-4-8-11(10)13/h3-9H,2H2,1H3/q+1. The van der Waals surface area contributed by atoms with Crippen molar-refractivity contribution in [1.82, 2.24) is 0 Å². The number of hydrogen-bond acceptors (Lipinski definition) is 2. The first-order chi connectivity index (χ1) is 7.31. The Morgan fingerprint density at radius 3 is 2.80 bits per heavy atom. The summed E-state index contributed by atoms with van der Waals surface area (Å²) in [5.74, 6) is -0.239. The number of benzene rings is 1. The molecule has 0 bridgehead atoms. The Morgan fingerprint density at radius 2 is 2.00 bits per heavy atom. The van der Waals surface area contributed by atoms with E-state index in [9.17, 15) is 4.79 Å². The summed E-state index contributed by atoms with van der Waals surface area (Å²) in [6, 6.07) is 11.6. The lowest BCUT2D eigenvalue weighted by molar-refractivity contribution is -0.848. The van der Waals surface area contributed by atoms with Gasteiger partial charge in [-0.25, -0.2) is 4.79 Å². The van der Waals surface area contributed by atoms with Crippen molar-refractivity contribution in [3.63, 3.8) is 0 Å². The Hall–Kier alpha value is -1.90. The zero-order valence-corrected chi connectivity index (χ0v) is 8.51. The second-order valence-corrected chi connectivity index (χ2v) is 3.21. The summed E-state index contributed by atoms with van der Waals surface area (Å²) in [5.41, 5.74) is 0.891. The maximum atomic E-state index is 11.2. The summed E-state index contributed by atoms with van der Waals surface area (Å²) < 4.78 is 1.50. The number of nitrogens with zero attached hydrogens (tertiary/aromatic N) is 1. The molecular formula is C12H12NO2+. The van der Waals surface area contributed by atoms with E-state index in [0.29, 0.717) is 6.42 Å². The van der Waals surface area contributed by atoms with Gasteiger partial charge in [0.1, 0.15) is 0 Å². The Bertz CT molecular complexity index is 488. The van der Waals surface area contributed by atoms with Crippen LogP contribution < -0.4 is 9.57 Å². The van der Waals surface area contributed by atoms with Gasteiger partial charge in [0.15, 0.2) is 0 Å². The predicted molar refractivity (Wildman–Crippen MR) is 56.0 cm³/mol. The van der Waals surface area contributed by atoms with Crippen LogP contribution in [-0.2, 0) is 4.79 Å². The van der Waals surface area contributed by atoms with Crippen molar-refractivity contribution in [2.75, 3.05) is 0 Å². The Morgan fingerprint density at radius 1 is 1.27 bits per heavy atom. The fourth-order valence-electron chi connectivity index (χ4n) is 1.39. The van der Waals surface area contributed by atoms with Crippen LogP contribution in [0.1, 0.15) is 13.3 Å². The molecule has 0 aliphatic carbocycles. The molecule has 0 saturated heterocycles. The zero-order valence-electron chi connectivity index (χ0n) is 8.51. The Kier molecular flexibility index (Phi) is 2.63. The Balaban J connectivity index is 2.46. The van der Waals surface area contributed by atoms with Crippen LogP contribution in [-0.4, -0.2) is 5.97 Å². The lowest BCUT2D eigenvalue weighted by Crippen LogP contribution is -2.45. The molecule has 3 nitrogen and oxygen atoms in total. The third-order valence-electron chi connectivity index (χ3n) is 2.16. The summed E-state index contributed by atoms with van der Waals surface area (Å²) in [5, 5.41) is 1.05. The summed E-state index contributed by atoms with van der Waals surface area (Å²) in [4.78, 5) is 16.3. The molecule has 1 aromatic heterocycles. The molecule has 3 heteroatoms. The molecular weight excluding hydrogens is 190 g/mol. The molecule has 0 N–H and O–H groups in total. The molecule has 0 aliphatic rings. The number of rotatable bonds is 2. The normalized spacial score (nSPS) is 10.2. The second-order valence-electron chi connectivity index (χ2n) is 3.21. The van der Waals surface area contributed by atoms with Gasteiger partial charge in [-0.05, 0) is 12.1 Å². The van der Waals surface area contributed by atoms with Crippen molar-refractivity contribution in [2.45, 2.75) is 13.3 Å². The Labute approximate surface area is 87.9 Å². The van der Waals surface area contributed by atoms with Gasteiger partial charge in [-0.3, -0.25) is 0 Å². The third-order valence-corrected chi connectivity index (χ3v) is 2.16. The highest BCUT2D eigenvalue weighted by Gasteiger charge is 2.12. The van der Waals surface area contributed by atoms with Gasteiger partial charge in [-0.2, -0.15) is 4.84 Å². The van der Waals surface area contributed by atoms with E-state index in [1.165, 1.54) is 4.73 Å². The van der Waals surface area contributed by atoms with Crippen molar-refractivity contribution < 1.29 is 14.4 Å². The maximum absolute atomic E-state index is 11.2. The van der Waals surface area contributed by atoms with Crippen molar-refractivity contribution >= 4 is 16.9 Å². The van der Waals surface area contributed by atoms with E-state index in [1.807, 2.05) is 36.4 Å². The predicted octanol–water partition coefficient (Wildman–Crippen LogP) is 1.49. The van der Waals surface area contributed by atoms with Crippen LogP contribution in [0.15, 0.2) is 42.6 Å². The van der Waals surface area contributed by atoms with E-state index >= 15 is 0 Å². The first kappa shape index (κ1) is 9.65. The highest BCUT2D eigenvalue weighted by atomic mass is 16.7. The van der Waals surface area contributed by atoms with Crippen LogP contribution in [0.2, 0.25) is 0 Å². The van der Waals surface area contributed by atoms with E-state index in [0.717, 1.165) is 10.9 Å². The molecule has 0 spiro atoms. The van der Waals surface area contributed by atoms with Gasteiger partial charge in [0, 0.05) is 23.3 Å². The van der Waals surface area contributed by atoms with Crippen molar-refractivity contribution in [3.05, 3.63) is 42.6 Å². The smallest absolute Gasteiger partial charge is 0.245 e. The molecule has 0 amide bonds. The van der Waals surface area contributed by atoms with Crippen LogP contribution in [0.25, 0.3) is 10.9 Å². The topological polar surface area (TPSA) is 30.2 Å². The molecule has 0 unspecified atom stereocenters. The van der Waals surface area contributed by atoms with E-state index in [-0.39, 0.29) is 5.97 Å². The number of pyridine rings is 1. The maximum Gasteiger partial charge on any atom is 0.380 e. The van der Waals surface area contributed by atoms with E-state index in [2.05, 4.69) is 0 Å². The average molecular weight is 202 g/mol. The summed E-state index contributed by atoms with van der Waals surface area (Å²) in [6.07, 6.45) is 2.10. The first-order valence-corrected chi connectivity index (χ1v) is 4.92. The summed E-state index contributed by atoms with van der Waals surface area (Å²) in [7, 11) is 0. The molecule has 15 heavy (non-hydrogen) atoms. The molecule has 0 fully saturated rings. The van der Waals surface area contributed by atoms with E-state index in [1.54, 1.807) is 13.1 Å². The highest BCUT2D eigenvalue weighted by Crippen LogP contribution is 2.06. The monoisotopic (exact) mass is 202 g/mol. The number of hydrogen-bond donors (Lipinski definition) is 0. The third kappa shape index (κ3) is 1.96. The highest BCUT2D eigenvalue weighted by molar-refractivity contribution is 5.75.